The summed E-state index contributed by atoms with van der Waals surface area (Å²) in [6.07, 6.45) is 5.53. The predicted molar refractivity (Wildman–Crippen MR) is 47.4 cm³/mol. The maximum absolute atomic E-state index is 10.1. The number of carbonyl (C=O) groups is 1. The van der Waals surface area contributed by atoms with Gasteiger partial charge in [0.25, 0.3) is 5.24 Å². The Labute approximate surface area is 73.1 Å². The third-order valence-corrected chi connectivity index (χ3v) is 1.44. The Morgan fingerprint density at radius 3 is 2.64 bits per heavy atom. The molecule has 0 saturated heterocycles. The third-order valence-electron chi connectivity index (χ3n) is 1.34. The predicted octanol–water partition coefficient (Wildman–Crippen LogP) is 2.73. The number of hydrogen-bond donors (Lipinski definition) is 0. The summed E-state index contributed by atoms with van der Waals surface area (Å²) in [5, 5.41) is -0.555. The number of hydrogen-bond acceptors (Lipinski definition) is 1. The molecule has 0 saturated carbocycles. The van der Waals surface area contributed by atoms with Crippen LogP contribution in [0.25, 0.3) is 0 Å². The lowest BCUT2D eigenvalue weighted by atomic mass is 10.2. The average molecular weight is 173 g/mol. The SMILES string of the molecule is CCCCCCC#CC(=O)Cl. The minimum absolute atomic E-state index is 0.555. The Balaban J connectivity index is 3.15. The minimum atomic E-state index is -0.555. The lowest BCUT2D eigenvalue weighted by molar-refractivity contribution is -0.107. The van der Waals surface area contributed by atoms with Crippen molar-refractivity contribution in [2.75, 3.05) is 0 Å². The van der Waals surface area contributed by atoms with Gasteiger partial charge in [0.1, 0.15) is 0 Å². The standard InChI is InChI=1S/C9H13ClO/c1-2-3-4-5-6-7-8-9(10)11/h2-6H2,1H3. The zero-order valence-electron chi connectivity index (χ0n) is 6.82. The smallest absolute Gasteiger partial charge is 0.266 e. The average Bonchev–Trinajstić information content (AvgIpc) is 1.96. The van der Waals surface area contributed by atoms with Crippen molar-refractivity contribution in [3.8, 4) is 11.8 Å². The van der Waals surface area contributed by atoms with E-state index in [4.69, 9.17) is 11.6 Å². The summed E-state index contributed by atoms with van der Waals surface area (Å²) in [5.74, 6) is 5.01. The second-order valence-corrected chi connectivity index (χ2v) is 2.73. The van der Waals surface area contributed by atoms with Gasteiger partial charge in [0, 0.05) is 6.42 Å². The van der Waals surface area contributed by atoms with Gasteiger partial charge in [0.2, 0.25) is 0 Å². The van der Waals surface area contributed by atoms with E-state index in [0.717, 1.165) is 12.8 Å². The van der Waals surface area contributed by atoms with Crippen molar-refractivity contribution in [2.45, 2.75) is 39.0 Å². The lowest BCUT2D eigenvalue weighted by Crippen LogP contribution is -1.77. The summed E-state index contributed by atoms with van der Waals surface area (Å²) in [5.41, 5.74) is 0. The Morgan fingerprint density at radius 2 is 2.09 bits per heavy atom. The molecule has 0 unspecified atom stereocenters. The molecule has 11 heavy (non-hydrogen) atoms. The van der Waals surface area contributed by atoms with Gasteiger partial charge in [-0.25, -0.2) is 0 Å². The molecule has 0 atom stereocenters. The first-order valence-electron chi connectivity index (χ1n) is 3.95. The van der Waals surface area contributed by atoms with Gasteiger partial charge in [-0.3, -0.25) is 4.79 Å². The molecule has 0 N–H and O–H groups in total. The molecule has 0 aliphatic heterocycles. The fourth-order valence-corrected chi connectivity index (χ4v) is 0.839. The molecule has 0 aliphatic carbocycles. The van der Waals surface area contributed by atoms with Gasteiger partial charge < -0.3 is 0 Å². The van der Waals surface area contributed by atoms with Gasteiger partial charge in [0.15, 0.2) is 0 Å². The highest BCUT2D eigenvalue weighted by molar-refractivity contribution is 6.68. The monoisotopic (exact) mass is 172 g/mol. The van der Waals surface area contributed by atoms with Crippen molar-refractivity contribution in [2.24, 2.45) is 0 Å². The Kier molecular flexibility index (Phi) is 7.29. The molecule has 1 nitrogen and oxygen atoms in total. The fraction of sp³-hybridized carbons (Fsp3) is 0.667. The third kappa shape index (κ3) is 9.52. The van der Waals surface area contributed by atoms with E-state index in [2.05, 4.69) is 18.8 Å². The molecule has 2 heteroatoms. The van der Waals surface area contributed by atoms with Crippen LogP contribution in [0.2, 0.25) is 0 Å². The van der Waals surface area contributed by atoms with Crippen molar-refractivity contribution < 1.29 is 4.79 Å². The van der Waals surface area contributed by atoms with Crippen molar-refractivity contribution >= 4 is 16.8 Å². The van der Waals surface area contributed by atoms with Crippen LogP contribution >= 0.6 is 11.6 Å². The maximum atomic E-state index is 10.1. The summed E-state index contributed by atoms with van der Waals surface area (Å²) in [6, 6.07) is 0. The molecule has 0 fully saturated rings. The number of unbranched alkanes of at least 4 members (excludes halogenated alkanes) is 4. The van der Waals surface area contributed by atoms with Crippen LogP contribution in [0.5, 0.6) is 0 Å². The zero-order valence-corrected chi connectivity index (χ0v) is 7.58. The fourth-order valence-electron chi connectivity index (χ4n) is 0.772. The van der Waals surface area contributed by atoms with E-state index < -0.39 is 5.24 Å². The van der Waals surface area contributed by atoms with Crippen LogP contribution in [-0.2, 0) is 4.79 Å². The van der Waals surface area contributed by atoms with Crippen LogP contribution < -0.4 is 0 Å². The van der Waals surface area contributed by atoms with E-state index in [1.54, 1.807) is 0 Å². The van der Waals surface area contributed by atoms with Crippen LogP contribution in [0.15, 0.2) is 0 Å². The van der Waals surface area contributed by atoms with E-state index in [-0.39, 0.29) is 0 Å². The van der Waals surface area contributed by atoms with Crippen LogP contribution in [0, 0.1) is 11.8 Å². The molecule has 0 aromatic carbocycles. The number of rotatable bonds is 4. The Hall–Kier alpha value is -0.480. The van der Waals surface area contributed by atoms with Crippen molar-refractivity contribution in [1.82, 2.24) is 0 Å². The highest BCUT2D eigenvalue weighted by atomic mass is 35.5. The number of halogens is 1. The quantitative estimate of drug-likeness (QED) is 0.362. The highest BCUT2D eigenvalue weighted by Crippen LogP contribution is 2.00. The largest absolute Gasteiger partial charge is 0.296 e. The van der Waals surface area contributed by atoms with E-state index in [0.29, 0.717) is 0 Å². The highest BCUT2D eigenvalue weighted by Gasteiger charge is 1.85. The van der Waals surface area contributed by atoms with Crippen LogP contribution in [-0.4, -0.2) is 5.24 Å². The van der Waals surface area contributed by atoms with Crippen molar-refractivity contribution in [3.63, 3.8) is 0 Å². The number of carbonyl (C=O) groups excluding carboxylic acids is 1. The lowest BCUT2D eigenvalue weighted by Gasteiger charge is -1.91. The van der Waals surface area contributed by atoms with Crippen molar-refractivity contribution in [1.29, 1.82) is 0 Å². The topological polar surface area (TPSA) is 17.1 Å². The van der Waals surface area contributed by atoms with E-state index >= 15 is 0 Å². The summed E-state index contributed by atoms with van der Waals surface area (Å²) in [4.78, 5) is 10.1. The molecular weight excluding hydrogens is 160 g/mol. The Morgan fingerprint density at radius 1 is 1.36 bits per heavy atom. The molecule has 0 aromatic rings. The summed E-state index contributed by atoms with van der Waals surface area (Å²) >= 11 is 5.01. The van der Waals surface area contributed by atoms with Crippen LogP contribution in [0.3, 0.4) is 0 Å². The normalized spacial score (nSPS) is 8.55. The molecule has 0 aromatic heterocycles. The molecule has 0 aliphatic rings. The summed E-state index contributed by atoms with van der Waals surface area (Å²) < 4.78 is 0. The van der Waals surface area contributed by atoms with Crippen LogP contribution in [0.4, 0.5) is 0 Å². The summed E-state index contributed by atoms with van der Waals surface area (Å²) in [7, 11) is 0. The molecule has 0 amide bonds. The first-order valence-corrected chi connectivity index (χ1v) is 4.33. The molecule has 62 valence electrons. The molecule has 0 rings (SSSR count). The van der Waals surface area contributed by atoms with E-state index in [1.165, 1.54) is 19.3 Å². The molecule has 0 heterocycles. The molecule has 0 radical (unpaired) electrons. The van der Waals surface area contributed by atoms with Gasteiger partial charge >= 0.3 is 0 Å². The van der Waals surface area contributed by atoms with E-state index in [9.17, 15) is 4.79 Å². The van der Waals surface area contributed by atoms with Gasteiger partial charge in [-0.1, -0.05) is 32.1 Å². The first-order chi connectivity index (χ1) is 5.27. The molecule has 0 bridgehead atoms. The van der Waals surface area contributed by atoms with Gasteiger partial charge in [-0.05, 0) is 23.9 Å². The second kappa shape index (κ2) is 7.63. The van der Waals surface area contributed by atoms with Crippen LogP contribution in [0.1, 0.15) is 39.0 Å². The Bertz CT molecular complexity index is 164. The molecule has 0 spiro atoms. The van der Waals surface area contributed by atoms with Crippen molar-refractivity contribution in [3.05, 3.63) is 0 Å². The van der Waals surface area contributed by atoms with Gasteiger partial charge in [-0.2, -0.15) is 0 Å². The van der Waals surface area contributed by atoms with Gasteiger partial charge in [0.05, 0.1) is 0 Å². The minimum Gasteiger partial charge on any atom is -0.266 e. The van der Waals surface area contributed by atoms with E-state index in [1.807, 2.05) is 0 Å². The molecular formula is C9H13ClO. The maximum Gasteiger partial charge on any atom is 0.296 e. The zero-order chi connectivity index (χ0) is 8.53. The summed E-state index contributed by atoms with van der Waals surface area (Å²) in [6.45, 7) is 2.16. The first kappa shape index (κ1) is 10.5. The second-order valence-electron chi connectivity index (χ2n) is 2.39. The van der Waals surface area contributed by atoms with Gasteiger partial charge in [-0.15, -0.1) is 0 Å².